The van der Waals surface area contributed by atoms with Crippen LogP contribution in [-0.4, -0.2) is 47.3 Å². The van der Waals surface area contributed by atoms with Gasteiger partial charge in [-0.2, -0.15) is 0 Å². The van der Waals surface area contributed by atoms with E-state index in [0.29, 0.717) is 18.5 Å². The van der Waals surface area contributed by atoms with E-state index in [4.69, 9.17) is 4.74 Å². The molecule has 1 amide bonds. The second-order valence-electron chi connectivity index (χ2n) is 8.02. The summed E-state index contributed by atoms with van der Waals surface area (Å²) in [5.74, 6) is 2.26. The summed E-state index contributed by atoms with van der Waals surface area (Å²) in [5, 5.41) is 6.31. The van der Waals surface area contributed by atoms with E-state index in [-0.39, 0.29) is 6.09 Å². The smallest absolute Gasteiger partial charge is 0.407 e. The van der Waals surface area contributed by atoms with Crippen LogP contribution in [0, 0.1) is 5.92 Å². The summed E-state index contributed by atoms with van der Waals surface area (Å²) >= 11 is 0. The third kappa shape index (κ3) is 5.76. The lowest BCUT2D eigenvalue weighted by molar-refractivity contribution is 0.0517. The molecule has 3 rings (SSSR count). The molecule has 1 aromatic heterocycles. The van der Waals surface area contributed by atoms with Crippen molar-refractivity contribution in [2.75, 3.05) is 29.9 Å². The lowest BCUT2D eigenvalue weighted by Gasteiger charge is -2.33. The number of alkyl carbamates (subject to hydrolysis) is 1. The summed E-state index contributed by atoms with van der Waals surface area (Å²) < 4.78 is 5.31. The lowest BCUT2D eigenvalue weighted by atomic mass is 9.98. The van der Waals surface area contributed by atoms with Crippen molar-refractivity contribution >= 4 is 17.7 Å². The first kappa shape index (κ1) is 17.8. The molecule has 0 radical (unpaired) electrons. The molecule has 1 saturated carbocycles. The summed E-state index contributed by atoms with van der Waals surface area (Å²) in [6.45, 7) is 8.12. The van der Waals surface area contributed by atoms with Crippen molar-refractivity contribution in [3.8, 4) is 0 Å². The number of ether oxygens (including phenoxy) is 1. The average Bonchev–Trinajstić information content (AvgIpc) is 3.36. The Balaban J connectivity index is 1.51. The Kier molecular flexibility index (Phi) is 5.30. The van der Waals surface area contributed by atoms with Gasteiger partial charge in [0.05, 0.1) is 0 Å². The zero-order chi connectivity index (χ0) is 17.9. The number of hydrogen-bond donors (Lipinski definition) is 2. The van der Waals surface area contributed by atoms with E-state index in [0.717, 1.165) is 37.6 Å². The SMILES string of the molecule is CC(C)(C)OC(=O)NC[C@@H]1CCCN(c2cc(NC3CC3)ncn2)C1. The maximum atomic E-state index is 11.8. The van der Waals surface area contributed by atoms with Gasteiger partial charge in [-0.25, -0.2) is 14.8 Å². The average molecular weight is 347 g/mol. The van der Waals surface area contributed by atoms with E-state index in [1.807, 2.05) is 26.8 Å². The van der Waals surface area contributed by atoms with Crippen LogP contribution in [0.4, 0.5) is 16.4 Å². The number of carbonyl (C=O) groups excluding carboxylic acids is 1. The first-order valence-electron chi connectivity index (χ1n) is 9.19. The highest BCUT2D eigenvalue weighted by Gasteiger charge is 2.24. The van der Waals surface area contributed by atoms with Gasteiger partial charge in [-0.15, -0.1) is 0 Å². The number of rotatable bonds is 5. The maximum Gasteiger partial charge on any atom is 0.407 e. The number of hydrogen-bond acceptors (Lipinski definition) is 6. The number of amides is 1. The number of nitrogens with zero attached hydrogens (tertiary/aromatic N) is 3. The number of piperidine rings is 1. The van der Waals surface area contributed by atoms with Crippen molar-refractivity contribution in [3.05, 3.63) is 12.4 Å². The fourth-order valence-corrected chi connectivity index (χ4v) is 3.02. The fraction of sp³-hybridized carbons (Fsp3) is 0.722. The predicted molar refractivity (Wildman–Crippen MR) is 97.9 cm³/mol. The fourth-order valence-electron chi connectivity index (χ4n) is 3.02. The van der Waals surface area contributed by atoms with Gasteiger partial charge in [0.2, 0.25) is 0 Å². The molecule has 0 unspecified atom stereocenters. The molecule has 2 heterocycles. The van der Waals surface area contributed by atoms with Crippen LogP contribution in [0.1, 0.15) is 46.5 Å². The standard InChI is InChI=1S/C18H29N5O2/c1-18(2,3)25-17(24)19-10-13-5-4-8-23(11-13)16-9-15(20-12-21-16)22-14-6-7-14/h9,12-14H,4-8,10-11H2,1-3H3,(H,19,24)(H,20,21,22)/t13-/m0/s1. The zero-order valence-corrected chi connectivity index (χ0v) is 15.4. The first-order valence-corrected chi connectivity index (χ1v) is 9.19. The number of nitrogens with one attached hydrogen (secondary N) is 2. The lowest BCUT2D eigenvalue weighted by Crippen LogP contribution is -2.42. The highest BCUT2D eigenvalue weighted by molar-refractivity contribution is 5.67. The van der Waals surface area contributed by atoms with Crippen LogP contribution in [0.5, 0.6) is 0 Å². The molecule has 2 N–H and O–H groups in total. The van der Waals surface area contributed by atoms with Crippen LogP contribution >= 0.6 is 0 Å². The summed E-state index contributed by atoms with van der Waals surface area (Å²) in [6, 6.07) is 2.61. The van der Waals surface area contributed by atoms with Crippen molar-refractivity contribution in [2.24, 2.45) is 5.92 Å². The van der Waals surface area contributed by atoms with Crippen molar-refractivity contribution in [1.82, 2.24) is 15.3 Å². The van der Waals surface area contributed by atoms with Crippen molar-refractivity contribution < 1.29 is 9.53 Å². The Hall–Kier alpha value is -2.05. The van der Waals surface area contributed by atoms with E-state index in [9.17, 15) is 4.79 Å². The summed E-state index contributed by atoms with van der Waals surface area (Å²) in [4.78, 5) is 22.8. The highest BCUT2D eigenvalue weighted by Crippen LogP contribution is 2.26. The van der Waals surface area contributed by atoms with Gasteiger partial charge < -0.3 is 20.3 Å². The van der Waals surface area contributed by atoms with Crippen molar-refractivity contribution in [1.29, 1.82) is 0 Å². The predicted octanol–water partition coefficient (Wildman–Crippen LogP) is 2.79. The molecule has 1 aromatic rings. The molecule has 0 aromatic carbocycles. The van der Waals surface area contributed by atoms with Gasteiger partial charge in [0.15, 0.2) is 0 Å². The third-order valence-electron chi connectivity index (χ3n) is 4.36. The molecule has 0 spiro atoms. The van der Waals surface area contributed by atoms with E-state index < -0.39 is 5.60 Å². The first-order chi connectivity index (χ1) is 11.9. The van der Waals surface area contributed by atoms with Gasteiger partial charge in [0, 0.05) is 31.7 Å². The van der Waals surface area contributed by atoms with Crippen LogP contribution in [-0.2, 0) is 4.74 Å². The van der Waals surface area contributed by atoms with Gasteiger partial charge in [0.1, 0.15) is 23.6 Å². The number of aromatic nitrogens is 2. The second kappa shape index (κ2) is 7.45. The monoisotopic (exact) mass is 347 g/mol. The van der Waals surface area contributed by atoms with Crippen molar-refractivity contribution in [3.63, 3.8) is 0 Å². The number of anilines is 2. The Bertz CT molecular complexity index is 597. The third-order valence-corrected chi connectivity index (χ3v) is 4.36. The van der Waals surface area contributed by atoms with Gasteiger partial charge >= 0.3 is 6.09 Å². The molecular weight excluding hydrogens is 318 g/mol. The Morgan fingerprint density at radius 3 is 2.84 bits per heavy atom. The molecule has 25 heavy (non-hydrogen) atoms. The normalized spacial score (nSPS) is 20.9. The van der Waals surface area contributed by atoms with Gasteiger partial charge in [0.25, 0.3) is 0 Å². The van der Waals surface area contributed by atoms with E-state index in [1.165, 1.54) is 12.8 Å². The zero-order valence-electron chi connectivity index (χ0n) is 15.4. The van der Waals surface area contributed by atoms with E-state index in [2.05, 4.69) is 25.5 Å². The van der Waals surface area contributed by atoms with Gasteiger partial charge in [-0.05, 0) is 52.4 Å². The molecule has 1 atom stereocenters. The topological polar surface area (TPSA) is 79.4 Å². The van der Waals surface area contributed by atoms with Gasteiger partial charge in [-0.3, -0.25) is 0 Å². The molecule has 7 heteroatoms. The number of carbonyl (C=O) groups is 1. The Labute approximate surface area is 149 Å². The summed E-state index contributed by atoms with van der Waals surface area (Å²) in [5.41, 5.74) is -0.464. The van der Waals surface area contributed by atoms with Crippen molar-refractivity contribution in [2.45, 2.75) is 58.1 Å². The molecule has 1 aliphatic heterocycles. The quantitative estimate of drug-likeness (QED) is 0.853. The molecule has 138 valence electrons. The molecule has 1 saturated heterocycles. The van der Waals surface area contributed by atoms with Crippen LogP contribution < -0.4 is 15.5 Å². The van der Waals surface area contributed by atoms with Gasteiger partial charge in [-0.1, -0.05) is 0 Å². The van der Waals surface area contributed by atoms with Crippen LogP contribution in [0.15, 0.2) is 12.4 Å². The van der Waals surface area contributed by atoms with Crippen LogP contribution in [0.3, 0.4) is 0 Å². The minimum atomic E-state index is -0.464. The summed E-state index contributed by atoms with van der Waals surface area (Å²) in [7, 11) is 0. The van der Waals surface area contributed by atoms with E-state index >= 15 is 0 Å². The molecule has 1 aliphatic carbocycles. The Morgan fingerprint density at radius 1 is 1.32 bits per heavy atom. The minimum Gasteiger partial charge on any atom is -0.444 e. The summed E-state index contributed by atoms with van der Waals surface area (Å²) in [6.07, 6.45) is 5.93. The molecule has 0 bridgehead atoms. The van der Waals surface area contributed by atoms with E-state index in [1.54, 1.807) is 6.33 Å². The largest absolute Gasteiger partial charge is 0.444 e. The van der Waals surface area contributed by atoms with Crippen LogP contribution in [0.25, 0.3) is 0 Å². The maximum absolute atomic E-state index is 11.8. The molecule has 2 fully saturated rings. The highest BCUT2D eigenvalue weighted by atomic mass is 16.6. The molecule has 2 aliphatic rings. The second-order valence-corrected chi connectivity index (χ2v) is 8.02. The molecular formula is C18H29N5O2. The van der Waals surface area contributed by atoms with Crippen LogP contribution in [0.2, 0.25) is 0 Å². The molecule has 7 nitrogen and oxygen atoms in total. The Morgan fingerprint density at radius 2 is 2.12 bits per heavy atom. The minimum absolute atomic E-state index is 0.345.